The fourth-order valence-electron chi connectivity index (χ4n) is 6.37. The summed E-state index contributed by atoms with van der Waals surface area (Å²) in [6.45, 7) is 11.3. The van der Waals surface area contributed by atoms with Crippen LogP contribution in [0.25, 0.3) is 0 Å². The largest absolute Gasteiger partial charge is 0.462 e. The summed E-state index contributed by atoms with van der Waals surface area (Å²) in [6.07, 6.45) is 33.7. The average molecular weight is 709 g/mol. The average Bonchev–Trinajstić information content (AvgIpc) is 3.09. The van der Waals surface area contributed by atoms with Gasteiger partial charge in [0.15, 0.2) is 6.10 Å². The van der Waals surface area contributed by atoms with Crippen molar-refractivity contribution in [3.05, 3.63) is 0 Å². The second-order valence-corrected chi connectivity index (χ2v) is 15.7. The van der Waals surface area contributed by atoms with Gasteiger partial charge in [-0.3, -0.25) is 14.4 Å². The number of unbranched alkanes of at least 4 members (excludes halogenated alkanes) is 22. The Kier molecular flexibility index (Phi) is 36.0. The van der Waals surface area contributed by atoms with Crippen molar-refractivity contribution in [1.82, 2.24) is 0 Å². The van der Waals surface area contributed by atoms with Crippen LogP contribution in [0.3, 0.4) is 0 Å². The van der Waals surface area contributed by atoms with E-state index >= 15 is 0 Å². The minimum Gasteiger partial charge on any atom is -0.462 e. The minimum atomic E-state index is -0.760. The lowest BCUT2D eigenvalue weighted by Crippen LogP contribution is -2.30. The van der Waals surface area contributed by atoms with Gasteiger partial charge >= 0.3 is 17.9 Å². The second-order valence-electron chi connectivity index (χ2n) is 15.7. The molecule has 0 radical (unpaired) electrons. The number of hydrogen-bond donors (Lipinski definition) is 0. The van der Waals surface area contributed by atoms with Crippen molar-refractivity contribution in [1.29, 1.82) is 0 Å². The van der Waals surface area contributed by atoms with Gasteiger partial charge < -0.3 is 14.2 Å². The Bertz CT molecular complexity index is 766. The molecule has 0 aromatic rings. The highest BCUT2D eigenvalue weighted by molar-refractivity contribution is 5.71. The third-order valence-corrected chi connectivity index (χ3v) is 10.1. The lowest BCUT2D eigenvalue weighted by Gasteiger charge is -2.18. The zero-order valence-electron chi connectivity index (χ0n) is 34.0. The first kappa shape index (κ1) is 48.4. The first-order chi connectivity index (χ1) is 24.3. The lowest BCUT2D eigenvalue weighted by molar-refractivity contribution is -0.167. The molecule has 2 atom stereocenters. The Hall–Kier alpha value is -1.59. The number of carbonyl (C=O) groups is 3. The minimum absolute atomic E-state index is 0.0660. The van der Waals surface area contributed by atoms with Crippen molar-refractivity contribution in [2.75, 3.05) is 13.2 Å². The van der Waals surface area contributed by atoms with Gasteiger partial charge in [0.2, 0.25) is 0 Å². The van der Waals surface area contributed by atoms with Crippen LogP contribution in [-0.4, -0.2) is 37.2 Å². The van der Waals surface area contributed by atoms with E-state index in [2.05, 4.69) is 34.6 Å². The molecule has 0 fully saturated rings. The van der Waals surface area contributed by atoms with Crippen LogP contribution in [0, 0.1) is 11.8 Å². The van der Waals surface area contributed by atoms with Crippen molar-refractivity contribution < 1.29 is 28.6 Å². The molecule has 296 valence electrons. The van der Waals surface area contributed by atoms with Crippen LogP contribution in [-0.2, 0) is 28.6 Å². The molecule has 0 saturated carbocycles. The van der Waals surface area contributed by atoms with Crippen LogP contribution in [0.5, 0.6) is 0 Å². The quantitative estimate of drug-likeness (QED) is 0.0361. The number of rotatable bonds is 38. The molecule has 0 spiro atoms. The van der Waals surface area contributed by atoms with E-state index in [0.29, 0.717) is 19.3 Å². The molecular formula is C44H84O6. The van der Waals surface area contributed by atoms with Crippen LogP contribution in [0.1, 0.15) is 234 Å². The lowest BCUT2D eigenvalue weighted by atomic mass is 10.00. The van der Waals surface area contributed by atoms with E-state index in [4.69, 9.17) is 14.2 Å². The van der Waals surface area contributed by atoms with Gasteiger partial charge in [-0.15, -0.1) is 0 Å². The smallest absolute Gasteiger partial charge is 0.306 e. The molecule has 0 bridgehead atoms. The first-order valence-electron chi connectivity index (χ1n) is 21.8. The monoisotopic (exact) mass is 709 g/mol. The molecule has 0 saturated heterocycles. The summed E-state index contributed by atoms with van der Waals surface area (Å²) in [5.41, 5.74) is 0. The summed E-state index contributed by atoms with van der Waals surface area (Å²) < 4.78 is 16.7. The molecule has 6 heteroatoms. The molecule has 0 rings (SSSR count). The molecule has 6 nitrogen and oxygen atoms in total. The molecule has 0 amide bonds. The Morgan fingerprint density at radius 1 is 0.420 bits per heavy atom. The SMILES string of the molecule is CCCCCCCCCCCCC(=O)OC[C@H](COC(=O)CCCCCCCCC(C)CC)OC(=O)CCCCCCCCCCCC(C)C. The maximum absolute atomic E-state index is 12.7. The summed E-state index contributed by atoms with van der Waals surface area (Å²) in [5, 5.41) is 0. The number of carbonyl (C=O) groups excluding carboxylic acids is 3. The van der Waals surface area contributed by atoms with Crippen LogP contribution in [0.2, 0.25) is 0 Å². The van der Waals surface area contributed by atoms with Gasteiger partial charge in [-0.1, -0.05) is 195 Å². The van der Waals surface area contributed by atoms with Gasteiger partial charge in [0.25, 0.3) is 0 Å². The van der Waals surface area contributed by atoms with E-state index in [1.54, 1.807) is 0 Å². The number of ether oxygens (including phenoxy) is 3. The summed E-state index contributed by atoms with van der Waals surface area (Å²) >= 11 is 0. The Balaban J connectivity index is 4.36. The number of esters is 3. The van der Waals surface area contributed by atoms with Gasteiger partial charge in [-0.05, 0) is 31.1 Å². The third kappa shape index (κ3) is 36.2. The maximum atomic E-state index is 12.7. The van der Waals surface area contributed by atoms with Crippen LogP contribution in [0.15, 0.2) is 0 Å². The Morgan fingerprint density at radius 3 is 1.14 bits per heavy atom. The second kappa shape index (κ2) is 37.2. The van der Waals surface area contributed by atoms with Crippen molar-refractivity contribution in [2.45, 2.75) is 240 Å². The zero-order chi connectivity index (χ0) is 36.9. The highest BCUT2D eigenvalue weighted by Gasteiger charge is 2.19. The Labute approximate surface area is 310 Å². The van der Waals surface area contributed by atoms with Gasteiger partial charge in [-0.25, -0.2) is 0 Å². The Morgan fingerprint density at radius 2 is 0.760 bits per heavy atom. The highest BCUT2D eigenvalue weighted by atomic mass is 16.6. The molecular weight excluding hydrogens is 624 g/mol. The van der Waals surface area contributed by atoms with Crippen molar-refractivity contribution in [3.63, 3.8) is 0 Å². The predicted octanol–water partition coefficient (Wildman–Crippen LogP) is 13.4. The van der Waals surface area contributed by atoms with Gasteiger partial charge in [0, 0.05) is 19.3 Å². The first-order valence-corrected chi connectivity index (χ1v) is 21.8. The third-order valence-electron chi connectivity index (χ3n) is 10.1. The molecule has 0 aromatic heterocycles. The molecule has 50 heavy (non-hydrogen) atoms. The van der Waals surface area contributed by atoms with E-state index in [-0.39, 0.29) is 31.1 Å². The van der Waals surface area contributed by atoms with Crippen LogP contribution in [0.4, 0.5) is 0 Å². The van der Waals surface area contributed by atoms with Crippen molar-refractivity contribution in [3.8, 4) is 0 Å². The van der Waals surface area contributed by atoms with Gasteiger partial charge in [-0.2, -0.15) is 0 Å². The molecule has 1 unspecified atom stereocenters. The van der Waals surface area contributed by atoms with Crippen LogP contribution >= 0.6 is 0 Å². The topological polar surface area (TPSA) is 78.9 Å². The molecule has 0 aliphatic carbocycles. The van der Waals surface area contributed by atoms with E-state index in [1.165, 1.54) is 122 Å². The summed E-state index contributed by atoms with van der Waals surface area (Å²) in [6, 6.07) is 0. The van der Waals surface area contributed by atoms with Crippen molar-refractivity contribution in [2.24, 2.45) is 11.8 Å². The molecule has 0 aliphatic rings. The van der Waals surface area contributed by atoms with E-state index in [0.717, 1.165) is 69.6 Å². The van der Waals surface area contributed by atoms with Crippen molar-refractivity contribution >= 4 is 17.9 Å². The van der Waals surface area contributed by atoms with E-state index < -0.39 is 6.10 Å². The van der Waals surface area contributed by atoms with Gasteiger partial charge in [0.1, 0.15) is 13.2 Å². The number of hydrogen-bond acceptors (Lipinski definition) is 6. The molecule has 0 N–H and O–H groups in total. The maximum Gasteiger partial charge on any atom is 0.306 e. The fourth-order valence-corrected chi connectivity index (χ4v) is 6.37. The van der Waals surface area contributed by atoms with E-state index in [9.17, 15) is 14.4 Å². The standard InChI is InChI=1S/C44H84O6/c1-6-8-9-10-11-12-15-18-24-29-34-42(45)48-37-41(38-49-43(46)35-30-25-21-20-23-28-33-40(5)7-2)50-44(47)36-31-26-19-16-13-14-17-22-27-32-39(3)4/h39-41H,6-38H2,1-5H3/t40?,41-/m1/s1. The zero-order valence-corrected chi connectivity index (χ0v) is 34.0. The molecule has 0 heterocycles. The fraction of sp³-hybridized carbons (Fsp3) is 0.932. The summed E-state index contributed by atoms with van der Waals surface area (Å²) in [5.74, 6) is 0.755. The molecule has 0 aromatic carbocycles. The highest BCUT2D eigenvalue weighted by Crippen LogP contribution is 2.16. The molecule has 0 aliphatic heterocycles. The normalized spacial score (nSPS) is 12.6. The van der Waals surface area contributed by atoms with Crippen LogP contribution < -0.4 is 0 Å². The predicted molar refractivity (Wildman–Crippen MR) is 210 cm³/mol. The van der Waals surface area contributed by atoms with E-state index in [1.807, 2.05) is 0 Å². The van der Waals surface area contributed by atoms with Gasteiger partial charge in [0.05, 0.1) is 0 Å². The summed E-state index contributed by atoms with van der Waals surface area (Å²) in [4.78, 5) is 37.6. The summed E-state index contributed by atoms with van der Waals surface area (Å²) in [7, 11) is 0.